The average molecular weight is 410 g/mol. The molecule has 1 aromatic carbocycles. The van der Waals surface area contributed by atoms with E-state index >= 15 is 0 Å². The minimum Gasteiger partial charge on any atom is -0.485 e. The van der Waals surface area contributed by atoms with Crippen LogP contribution >= 0.6 is 34.8 Å². The van der Waals surface area contributed by atoms with Gasteiger partial charge >= 0.3 is 17.9 Å². The lowest BCUT2D eigenvalue weighted by Gasteiger charge is -2.19. The Labute approximate surface area is 159 Å². The van der Waals surface area contributed by atoms with Gasteiger partial charge in [0.15, 0.2) is 0 Å². The molecule has 0 amide bonds. The van der Waals surface area contributed by atoms with Gasteiger partial charge in [0.05, 0.1) is 21.5 Å². The van der Waals surface area contributed by atoms with E-state index in [1.54, 1.807) is 0 Å². The van der Waals surface area contributed by atoms with E-state index in [9.17, 15) is 14.4 Å². The molecule has 9 heteroatoms. The third-order valence-electron chi connectivity index (χ3n) is 2.67. The van der Waals surface area contributed by atoms with Crippen LogP contribution in [0.3, 0.4) is 0 Å². The standard InChI is InChI=1S/C16H15Cl3O6/c1-8(2)16(22)23-7-10(4-15(21)24-9(3)20)25-14-6-12(18)11(17)5-13(14)19/h5-6,10H,1,4,7H2,2-3H3. The topological polar surface area (TPSA) is 78.9 Å². The zero-order valence-electron chi connectivity index (χ0n) is 13.4. The monoisotopic (exact) mass is 408 g/mol. The third kappa shape index (κ3) is 7.34. The highest BCUT2D eigenvalue weighted by atomic mass is 35.5. The number of ether oxygens (including phenoxy) is 3. The molecule has 1 unspecified atom stereocenters. The predicted octanol–water partition coefficient (Wildman–Crippen LogP) is 3.99. The fraction of sp³-hybridized carbons (Fsp3) is 0.312. The molecule has 0 bridgehead atoms. The quantitative estimate of drug-likeness (QED) is 0.293. The Morgan fingerprint density at radius 3 is 2.24 bits per heavy atom. The van der Waals surface area contributed by atoms with Crippen LogP contribution in [0, 0.1) is 0 Å². The van der Waals surface area contributed by atoms with Crippen LogP contribution in [0.2, 0.25) is 15.1 Å². The van der Waals surface area contributed by atoms with Crippen LogP contribution in [-0.4, -0.2) is 30.6 Å². The van der Waals surface area contributed by atoms with E-state index in [4.69, 9.17) is 44.3 Å². The number of halogens is 3. The Morgan fingerprint density at radius 1 is 1.08 bits per heavy atom. The molecule has 6 nitrogen and oxygen atoms in total. The molecule has 0 fully saturated rings. The molecule has 0 aliphatic heterocycles. The van der Waals surface area contributed by atoms with Gasteiger partial charge in [0.1, 0.15) is 18.5 Å². The maximum absolute atomic E-state index is 11.7. The first kappa shape index (κ1) is 21.3. The Morgan fingerprint density at radius 2 is 1.68 bits per heavy atom. The van der Waals surface area contributed by atoms with E-state index in [1.807, 2.05) is 0 Å². The summed E-state index contributed by atoms with van der Waals surface area (Å²) >= 11 is 17.8. The minimum atomic E-state index is -0.968. The molecular weight excluding hydrogens is 395 g/mol. The Hall–Kier alpha value is -1.76. The lowest BCUT2D eigenvalue weighted by Crippen LogP contribution is -2.29. The highest BCUT2D eigenvalue weighted by Gasteiger charge is 2.22. The maximum Gasteiger partial charge on any atom is 0.333 e. The molecule has 25 heavy (non-hydrogen) atoms. The largest absolute Gasteiger partial charge is 0.485 e. The van der Waals surface area contributed by atoms with Crippen LogP contribution in [0.5, 0.6) is 5.75 Å². The van der Waals surface area contributed by atoms with Crippen molar-refractivity contribution >= 4 is 52.7 Å². The fourth-order valence-electron chi connectivity index (χ4n) is 1.59. The fourth-order valence-corrected chi connectivity index (χ4v) is 2.17. The first-order valence-electron chi connectivity index (χ1n) is 6.95. The van der Waals surface area contributed by atoms with Gasteiger partial charge in [-0.25, -0.2) is 4.79 Å². The summed E-state index contributed by atoms with van der Waals surface area (Å²) in [6.07, 6.45) is -1.33. The second-order valence-electron chi connectivity index (χ2n) is 4.99. The van der Waals surface area contributed by atoms with Gasteiger partial charge in [0.25, 0.3) is 0 Å². The van der Waals surface area contributed by atoms with Gasteiger partial charge in [-0.05, 0) is 13.0 Å². The van der Waals surface area contributed by atoms with Crippen molar-refractivity contribution < 1.29 is 28.6 Å². The van der Waals surface area contributed by atoms with Crippen molar-refractivity contribution in [1.82, 2.24) is 0 Å². The summed E-state index contributed by atoms with van der Waals surface area (Å²) in [7, 11) is 0. The smallest absolute Gasteiger partial charge is 0.333 e. The molecule has 1 rings (SSSR count). The van der Waals surface area contributed by atoms with Crippen LogP contribution in [-0.2, 0) is 23.9 Å². The molecule has 0 spiro atoms. The van der Waals surface area contributed by atoms with E-state index in [2.05, 4.69) is 11.3 Å². The summed E-state index contributed by atoms with van der Waals surface area (Å²) in [5.41, 5.74) is 0.178. The first-order chi connectivity index (χ1) is 11.6. The minimum absolute atomic E-state index is 0.128. The third-order valence-corrected chi connectivity index (χ3v) is 3.69. The molecule has 0 saturated heterocycles. The molecule has 0 heterocycles. The lowest BCUT2D eigenvalue weighted by atomic mass is 10.2. The van der Waals surface area contributed by atoms with Crippen LogP contribution in [0.15, 0.2) is 24.3 Å². The maximum atomic E-state index is 11.7. The van der Waals surface area contributed by atoms with E-state index in [-0.39, 0.29) is 39.4 Å². The number of hydrogen-bond donors (Lipinski definition) is 0. The van der Waals surface area contributed by atoms with Gasteiger partial charge in [0, 0.05) is 18.6 Å². The van der Waals surface area contributed by atoms with E-state index in [1.165, 1.54) is 19.1 Å². The molecule has 0 saturated carbocycles. The number of carbonyl (C=O) groups excluding carboxylic acids is 3. The van der Waals surface area contributed by atoms with E-state index < -0.39 is 24.0 Å². The summed E-state index contributed by atoms with van der Waals surface area (Å²) in [5, 5.41) is 0.552. The van der Waals surface area contributed by atoms with Crippen LogP contribution < -0.4 is 4.74 Å². The Bertz CT molecular complexity index is 701. The number of esters is 3. The summed E-state index contributed by atoms with van der Waals surface area (Å²) in [6, 6.07) is 2.72. The number of benzene rings is 1. The van der Waals surface area contributed by atoms with Crippen LogP contribution in [0.4, 0.5) is 0 Å². The zero-order valence-corrected chi connectivity index (χ0v) is 15.7. The van der Waals surface area contributed by atoms with Crippen molar-refractivity contribution in [2.75, 3.05) is 6.61 Å². The SMILES string of the molecule is C=C(C)C(=O)OCC(CC(=O)OC(C)=O)Oc1cc(Cl)c(Cl)cc1Cl. The Kier molecular flexibility index (Phi) is 8.22. The van der Waals surface area contributed by atoms with Crippen molar-refractivity contribution in [2.45, 2.75) is 26.4 Å². The molecule has 0 aliphatic rings. The normalized spacial score (nSPS) is 11.4. The lowest BCUT2D eigenvalue weighted by molar-refractivity contribution is -0.160. The molecule has 0 N–H and O–H groups in total. The predicted molar refractivity (Wildman–Crippen MR) is 93.1 cm³/mol. The van der Waals surface area contributed by atoms with Crippen molar-refractivity contribution in [3.63, 3.8) is 0 Å². The van der Waals surface area contributed by atoms with E-state index in [0.717, 1.165) is 6.92 Å². The average Bonchev–Trinajstić information content (AvgIpc) is 2.48. The zero-order chi connectivity index (χ0) is 19.1. The molecule has 1 atom stereocenters. The summed E-state index contributed by atoms with van der Waals surface area (Å²) in [6.45, 7) is 5.71. The van der Waals surface area contributed by atoms with Gasteiger partial charge < -0.3 is 14.2 Å². The highest BCUT2D eigenvalue weighted by Crippen LogP contribution is 2.34. The summed E-state index contributed by atoms with van der Waals surface area (Å²) in [5.74, 6) is -2.15. The van der Waals surface area contributed by atoms with Crippen LogP contribution in [0.25, 0.3) is 0 Å². The molecule has 0 aliphatic carbocycles. The molecule has 0 radical (unpaired) electrons. The second-order valence-corrected chi connectivity index (χ2v) is 6.21. The van der Waals surface area contributed by atoms with Gasteiger partial charge in [-0.1, -0.05) is 41.4 Å². The molecule has 1 aromatic rings. The van der Waals surface area contributed by atoms with Crippen molar-refractivity contribution in [3.05, 3.63) is 39.4 Å². The molecular formula is C16H15Cl3O6. The number of rotatable bonds is 7. The highest BCUT2D eigenvalue weighted by molar-refractivity contribution is 6.43. The van der Waals surface area contributed by atoms with Gasteiger partial charge in [0.2, 0.25) is 0 Å². The Balaban J connectivity index is 2.91. The van der Waals surface area contributed by atoms with Crippen molar-refractivity contribution in [2.24, 2.45) is 0 Å². The van der Waals surface area contributed by atoms with Crippen molar-refractivity contribution in [3.8, 4) is 5.75 Å². The molecule has 136 valence electrons. The van der Waals surface area contributed by atoms with Crippen LogP contribution in [0.1, 0.15) is 20.3 Å². The molecule has 0 aromatic heterocycles. The summed E-state index contributed by atoms with van der Waals surface area (Å²) in [4.78, 5) is 34.0. The first-order valence-corrected chi connectivity index (χ1v) is 8.08. The van der Waals surface area contributed by atoms with E-state index in [0.29, 0.717) is 0 Å². The second kappa shape index (κ2) is 9.65. The number of hydrogen-bond acceptors (Lipinski definition) is 6. The van der Waals surface area contributed by atoms with Gasteiger partial charge in [-0.15, -0.1) is 0 Å². The van der Waals surface area contributed by atoms with Crippen molar-refractivity contribution in [1.29, 1.82) is 0 Å². The van der Waals surface area contributed by atoms with Gasteiger partial charge in [-0.2, -0.15) is 0 Å². The summed E-state index contributed by atoms with van der Waals surface area (Å²) < 4.78 is 15.0. The number of carbonyl (C=O) groups is 3. The van der Waals surface area contributed by atoms with Gasteiger partial charge in [-0.3, -0.25) is 9.59 Å².